The zero-order valence-electron chi connectivity index (χ0n) is 11.5. The quantitative estimate of drug-likeness (QED) is 0.655. The van der Waals surface area contributed by atoms with Gasteiger partial charge in [0, 0.05) is 5.56 Å². The Hall–Kier alpha value is -2.24. The number of nitrogens with zero attached hydrogens (tertiary/aromatic N) is 1. The molecule has 0 spiro atoms. The van der Waals surface area contributed by atoms with E-state index in [1.54, 1.807) is 13.2 Å². The summed E-state index contributed by atoms with van der Waals surface area (Å²) in [5.41, 5.74) is 2.91. The van der Waals surface area contributed by atoms with E-state index in [1.807, 2.05) is 26.0 Å². The minimum absolute atomic E-state index is 0.00276. The second-order valence-electron chi connectivity index (χ2n) is 3.91. The highest BCUT2D eigenvalue weighted by Gasteiger charge is 2.10. The summed E-state index contributed by atoms with van der Waals surface area (Å²) in [6.45, 7) is 3.83. The smallest absolute Gasteiger partial charge is 0.427 e. The minimum atomic E-state index is -0.634. The third kappa shape index (κ3) is 4.50. The Bertz CT molecular complexity index is 458. The van der Waals surface area contributed by atoms with Crippen molar-refractivity contribution in [1.82, 2.24) is 5.43 Å². The lowest BCUT2D eigenvalue weighted by molar-refractivity contribution is 0.171. The fraction of sp³-hybridized carbons (Fsp3) is 0.385. The molecule has 0 aromatic heterocycles. The molecule has 1 rings (SSSR count). The molecule has 1 N–H and O–H groups in total. The van der Waals surface area contributed by atoms with Crippen LogP contribution in [0.3, 0.4) is 0 Å². The molecule has 0 aliphatic rings. The topological polar surface area (TPSA) is 69.2 Å². The third-order valence-electron chi connectivity index (χ3n) is 2.13. The van der Waals surface area contributed by atoms with Crippen molar-refractivity contribution in [2.24, 2.45) is 5.10 Å². The van der Waals surface area contributed by atoms with E-state index < -0.39 is 6.09 Å². The van der Waals surface area contributed by atoms with E-state index >= 15 is 0 Å². The second-order valence-corrected chi connectivity index (χ2v) is 3.91. The maximum atomic E-state index is 10.9. The molecule has 6 nitrogen and oxygen atoms in total. The number of hydrogen-bond acceptors (Lipinski definition) is 5. The van der Waals surface area contributed by atoms with Gasteiger partial charge >= 0.3 is 6.09 Å². The first-order valence-electron chi connectivity index (χ1n) is 5.79. The van der Waals surface area contributed by atoms with Gasteiger partial charge < -0.3 is 14.2 Å². The Morgan fingerprint density at radius 1 is 1.37 bits per heavy atom. The Morgan fingerprint density at radius 2 is 2.11 bits per heavy atom. The normalized spacial score (nSPS) is 10.6. The first kappa shape index (κ1) is 14.8. The van der Waals surface area contributed by atoms with Crippen molar-refractivity contribution in [1.29, 1.82) is 0 Å². The van der Waals surface area contributed by atoms with Crippen LogP contribution in [0.25, 0.3) is 0 Å². The van der Waals surface area contributed by atoms with E-state index in [4.69, 9.17) is 9.47 Å². The first-order valence-corrected chi connectivity index (χ1v) is 5.79. The van der Waals surface area contributed by atoms with Gasteiger partial charge in [-0.2, -0.15) is 5.10 Å². The number of amides is 1. The third-order valence-corrected chi connectivity index (χ3v) is 2.13. The van der Waals surface area contributed by atoms with Crippen LogP contribution >= 0.6 is 0 Å². The van der Waals surface area contributed by atoms with Crippen LogP contribution in [0.5, 0.6) is 11.5 Å². The summed E-state index contributed by atoms with van der Waals surface area (Å²) in [7, 11) is 2.83. The van der Waals surface area contributed by atoms with Crippen molar-refractivity contribution in [3.8, 4) is 11.5 Å². The maximum Gasteiger partial charge on any atom is 0.427 e. The van der Waals surface area contributed by atoms with Gasteiger partial charge in [-0.1, -0.05) is 6.07 Å². The fourth-order valence-corrected chi connectivity index (χ4v) is 1.36. The van der Waals surface area contributed by atoms with Crippen LogP contribution in [-0.4, -0.2) is 32.6 Å². The zero-order valence-corrected chi connectivity index (χ0v) is 11.5. The molecule has 0 heterocycles. The van der Waals surface area contributed by atoms with Crippen molar-refractivity contribution in [3.05, 3.63) is 23.8 Å². The molecule has 0 aliphatic heterocycles. The molecule has 1 aromatic carbocycles. The van der Waals surface area contributed by atoms with E-state index in [1.165, 1.54) is 13.3 Å². The zero-order chi connectivity index (χ0) is 14.3. The number of methoxy groups -OCH3 is 2. The molecule has 0 unspecified atom stereocenters. The summed E-state index contributed by atoms with van der Waals surface area (Å²) < 4.78 is 15.3. The lowest BCUT2D eigenvalue weighted by Crippen LogP contribution is -2.17. The summed E-state index contributed by atoms with van der Waals surface area (Å²) in [5, 5.41) is 3.77. The molecular formula is C13H18N2O4. The van der Waals surface area contributed by atoms with Crippen LogP contribution in [0, 0.1) is 0 Å². The number of hydrazone groups is 1. The van der Waals surface area contributed by atoms with E-state index in [2.05, 4.69) is 15.3 Å². The predicted molar refractivity (Wildman–Crippen MR) is 71.9 cm³/mol. The molecule has 19 heavy (non-hydrogen) atoms. The number of hydrogen-bond donors (Lipinski definition) is 1. The molecule has 0 saturated carbocycles. The van der Waals surface area contributed by atoms with Gasteiger partial charge in [0.05, 0.1) is 26.5 Å². The number of nitrogens with one attached hydrogen (secondary N) is 1. The Balaban J connectivity index is 2.95. The lowest BCUT2D eigenvalue weighted by atomic mass is 10.2. The van der Waals surface area contributed by atoms with Crippen LogP contribution in [0.15, 0.2) is 23.3 Å². The Morgan fingerprint density at radius 3 is 2.68 bits per heavy atom. The van der Waals surface area contributed by atoms with Crippen molar-refractivity contribution in [3.63, 3.8) is 0 Å². The molecule has 104 valence electrons. The van der Waals surface area contributed by atoms with Crippen LogP contribution in [-0.2, 0) is 4.74 Å². The number of carbonyl (C=O) groups is 1. The van der Waals surface area contributed by atoms with Crippen LogP contribution in [0.2, 0.25) is 0 Å². The lowest BCUT2D eigenvalue weighted by Gasteiger charge is -2.15. The van der Waals surface area contributed by atoms with Gasteiger partial charge in [0.25, 0.3) is 0 Å². The monoisotopic (exact) mass is 266 g/mol. The Labute approximate surface area is 112 Å². The second kappa shape index (κ2) is 7.25. The molecule has 0 aliphatic carbocycles. The van der Waals surface area contributed by atoms with Gasteiger partial charge in [0.15, 0.2) is 11.5 Å². The summed E-state index contributed by atoms with van der Waals surface area (Å²) in [6, 6.07) is 5.41. The van der Waals surface area contributed by atoms with Gasteiger partial charge in [-0.25, -0.2) is 10.2 Å². The van der Waals surface area contributed by atoms with Crippen LogP contribution < -0.4 is 14.9 Å². The maximum absolute atomic E-state index is 10.9. The van der Waals surface area contributed by atoms with Gasteiger partial charge in [-0.15, -0.1) is 0 Å². The number of para-hydroxylation sites is 1. The molecule has 0 fully saturated rings. The molecule has 0 atom stereocenters. The molecule has 1 aromatic rings. The molecule has 1 amide bonds. The van der Waals surface area contributed by atoms with Crippen molar-refractivity contribution in [2.75, 3.05) is 14.2 Å². The van der Waals surface area contributed by atoms with E-state index in [-0.39, 0.29) is 6.10 Å². The standard InChI is InChI=1S/C13H18N2O4/c1-9(2)19-12-10(6-5-7-11(12)17-3)8-14-15-13(16)18-4/h5-9H,1-4H3,(H,15,16)/b14-8-. The molecule has 0 radical (unpaired) electrons. The van der Waals surface area contributed by atoms with Gasteiger partial charge in [-0.05, 0) is 26.0 Å². The highest BCUT2D eigenvalue weighted by atomic mass is 16.5. The number of rotatable bonds is 5. The van der Waals surface area contributed by atoms with Crippen LogP contribution in [0.4, 0.5) is 4.79 Å². The van der Waals surface area contributed by atoms with E-state index in [9.17, 15) is 4.79 Å². The highest BCUT2D eigenvalue weighted by Crippen LogP contribution is 2.30. The summed E-state index contributed by atoms with van der Waals surface area (Å²) >= 11 is 0. The van der Waals surface area contributed by atoms with Crippen molar-refractivity contribution in [2.45, 2.75) is 20.0 Å². The Kier molecular flexibility index (Phi) is 5.66. The largest absolute Gasteiger partial charge is 0.493 e. The van der Waals surface area contributed by atoms with Crippen LogP contribution in [0.1, 0.15) is 19.4 Å². The molecule has 0 bridgehead atoms. The number of benzene rings is 1. The summed E-state index contributed by atoms with van der Waals surface area (Å²) in [4.78, 5) is 10.9. The average molecular weight is 266 g/mol. The average Bonchev–Trinajstić information content (AvgIpc) is 2.39. The highest BCUT2D eigenvalue weighted by molar-refractivity contribution is 5.85. The first-order chi connectivity index (χ1) is 9.08. The molecule has 0 saturated heterocycles. The van der Waals surface area contributed by atoms with E-state index in [0.717, 1.165) is 0 Å². The fourth-order valence-electron chi connectivity index (χ4n) is 1.36. The SMILES string of the molecule is COC(=O)N/N=C\c1cccc(OC)c1OC(C)C. The van der Waals surface area contributed by atoms with Gasteiger partial charge in [-0.3, -0.25) is 0 Å². The van der Waals surface area contributed by atoms with Gasteiger partial charge in [0.1, 0.15) is 0 Å². The summed E-state index contributed by atoms with van der Waals surface area (Å²) in [6.07, 6.45) is 0.833. The predicted octanol–water partition coefficient (Wildman–Crippen LogP) is 2.17. The van der Waals surface area contributed by atoms with Gasteiger partial charge in [0.2, 0.25) is 0 Å². The number of ether oxygens (including phenoxy) is 3. The summed E-state index contributed by atoms with van der Waals surface area (Å²) in [5.74, 6) is 1.19. The van der Waals surface area contributed by atoms with Crippen molar-refractivity contribution >= 4 is 12.3 Å². The molecular weight excluding hydrogens is 248 g/mol. The van der Waals surface area contributed by atoms with E-state index in [0.29, 0.717) is 17.1 Å². The van der Waals surface area contributed by atoms with Crippen molar-refractivity contribution < 1.29 is 19.0 Å². The minimum Gasteiger partial charge on any atom is -0.493 e. The number of carbonyl (C=O) groups excluding carboxylic acids is 1. The molecule has 6 heteroatoms.